The van der Waals surface area contributed by atoms with E-state index in [0.29, 0.717) is 26.1 Å². The summed E-state index contributed by atoms with van der Waals surface area (Å²) >= 11 is 0. The number of rotatable bonds is 9. The van der Waals surface area contributed by atoms with E-state index in [4.69, 9.17) is 10.2 Å². The second-order valence-corrected chi connectivity index (χ2v) is 3.78. The van der Waals surface area contributed by atoms with Crippen molar-refractivity contribution in [2.45, 2.75) is 19.8 Å². The van der Waals surface area contributed by atoms with Gasteiger partial charge in [0.2, 0.25) is 0 Å². The molecule has 0 aliphatic heterocycles. The standard InChI is InChI=1S/C11H19NO4/c1-3-6-12(7-4-5-10(13)14)8-9(2)11(15)16/h3,9H,1,4-8H2,2H3,(H,13,14)(H,15,16). The predicted octanol–water partition coefficient (Wildman–Crippen LogP) is 1.06. The third-order valence-electron chi connectivity index (χ3n) is 2.21. The molecule has 5 nitrogen and oxygen atoms in total. The lowest BCUT2D eigenvalue weighted by molar-refractivity contribution is -0.142. The average Bonchev–Trinajstić information content (AvgIpc) is 2.17. The summed E-state index contributed by atoms with van der Waals surface area (Å²) in [6.07, 6.45) is 2.32. The molecule has 0 aromatic carbocycles. The Morgan fingerprint density at radius 2 is 2.06 bits per heavy atom. The van der Waals surface area contributed by atoms with Gasteiger partial charge in [0.05, 0.1) is 5.92 Å². The Morgan fingerprint density at radius 1 is 1.44 bits per heavy atom. The molecule has 0 bridgehead atoms. The van der Waals surface area contributed by atoms with Crippen molar-refractivity contribution in [3.05, 3.63) is 12.7 Å². The molecule has 0 fully saturated rings. The molecule has 0 saturated heterocycles. The summed E-state index contributed by atoms with van der Waals surface area (Å²) < 4.78 is 0. The molecule has 5 heteroatoms. The van der Waals surface area contributed by atoms with Crippen LogP contribution in [0.25, 0.3) is 0 Å². The smallest absolute Gasteiger partial charge is 0.307 e. The molecule has 16 heavy (non-hydrogen) atoms. The van der Waals surface area contributed by atoms with Crippen LogP contribution in [0.2, 0.25) is 0 Å². The van der Waals surface area contributed by atoms with Crippen molar-refractivity contribution in [1.82, 2.24) is 4.90 Å². The minimum Gasteiger partial charge on any atom is -0.481 e. The maximum atomic E-state index is 10.7. The largest absolute Gasteiger partial charge is 0.481 e. The van der Waals surface area contributed by atoms with E-state index in [1.165, 1.54) is 0 Å². The molecule has 2 N–H and O–H groups in total. The van der Waals surface area contributed by atoms with Crippen LogP contribution >= 0.6 is 0 Å². The van der Waals surface area contributed by atoms with Crippen molar-refractivity contribution >= 4 is 11.9 Å². The van der Waals surface area contributed by atoms with Crippen molar-refractivity contribution in [1.29, 1.82) is 0 Å². The molecule has 0 aliphatic carbocycles. The molecule has 0 amide bonds. The summed E-state index contributed by atoms with van der Waals surface area (Å²) in [5, 5.41) is 17.3. The second-order valence-electron chi connectivity index (χ2n) is 3.78. The number of nitrogens with zero attached hydrogens (tertiary/aromatic N) is 1. The molecular formula is C11H19NO4. The highest BCUT2D eigenvalue weighted by Crippen LogP contribution is 2.03. The Morgan fingerprint density at radius 3 is 2.50 bits per heavy atom. The second kappa shape index (κ2) is 7.87. The van der Waals surface area contributed by atoms with E-state index in [1.807, 2.05) is 4.90 Å². The number of hydrogen-bond acceptors (Lipinski definition) is 3. The van der Waals surface area contributed by atoms with E-state index in [1.54, 1.807) is 13.0 Å². The number of hydrogen-bond donors (Lipinski definition) is 2. The zero-order chi connectivity index (χ0) is 12.6. The van der Waals surface area contributed by atoms with Gasteiger partial charge in [0, 0.05) is 19.5 Å². The van der Waals surface area contributed by atoms with Crippen molar-refractivity contribution < 1.29 is 19.8 Å². The molecule has 1 unspecified atom stereocenters. The maximum Gasteiger partial charge on any atom is 0.307 e. The van der Waals surface area contributed by atoms with Gasteiger partial charge >= 0.3 is 11.9 Å². The fraction of sp³-hybridized carbons (Fsp3) is 0.636. The van der Waals surface area contributed by atoms with Crippen LogP contribution in [0.15, 0.2) is 12.7 Å². The summed E-state index contributed by atoms with van der Waals surface area (Å²) in [5.41, 5.74) is 0. The minimum atomic E-state index is -0.840. The lowest BCUT2D eigenvalue weighted by atomic mass is 10.1. The van der Waals surface area contributed by atoms with Crippen LogP contribution in [-0.4, -0.2) is 46.7 Å². The zero-order valence-corrected chi connectivity index (χ0v) is 9.56. The first-order chi connectivity index (χ1) is 7.47. The fourth-order valence-electron chi connectivity index (χ4n) is 1.36. The van der Waals surface area contributed by atoms with Crippen LogP contribution in [0, 0.1) is 5.92 Å². The van der Waals surface area contributed by atoms with Crippen molar-refractivity contribution in [3.8, 4) is 0 Å². The van der Waals surface area contributed by atoms with E-state index >= 15 is 0 Å². The van der Waals surface area contributed by atoms with Gasteiger partial charge in [-0.25, -0.2) is 0 Å². The van der Waals surface area contributed by atoms with Crippen LogP contribution in [-0.2, 0) is 9.59 Å². The van der Waals surface area contributed by atoms with Crippen LogP contribution in [0.5, 0.6) is 0 Å². The van der Waals surface area contributed by atoms with E-state index in [9.17, 15) is 9.59 Å². The fourth-order valence-corrected chi connectivity index (χ4v) is 1.36. The van der Waals surface area contributed by atoms with E-state index < -0.39 is 17.9 Å². The monoisotopic (exact) mass is 229 g/mol. The van der Waals surface area contributed by atoms with Crippen LogP contribution in [0.1, 0.15) is 19.8 Å². The van der Waals surface area contributed by atoms with E-state index in [0.717, 1.165) is 0 Å². The van der Waals surface area contributed by atoms with E-state index in [-0.39, 0.29) is 6.42 Å². The number of carboxylic acid groups (broad SMARTS) is 2. The topological polar surface area (TPSA) is 77.8 Å². The zero-order valence-electron chi connectivity index (χ0n) is 9.56. The SMILES string of the molecule is C=CCN(CCCC(=O)O)CC(C)C(=O)O. The molecule has 0 radical (unpaired) electrons. The van der Waals surface area contributed by atoms with E-state index in [2.05, 4.69) is 6.58 Å². The molecular weight excluding hydrogens is 210 g/mol. The quantitative estimate of drug-likeness (QED) is 0.578. The normalized spacial score (nSPS) is 12.4. The summed E-state index contributed by atoms with van der Waals surface area (Å²) in [7, 11) is 0. The highest BCUT2D eigenvalue weighted by atomic mass is 16.4. The number of carboxylic acids is 2. The summed E-state index contributed by atoms with van der Waals surface area (Å²) in [6.45, 7) is 6.80. The molecule has 0 rings (SSSR count). The third-order valence-corrected chi connectivity index (χ3v) is 2.21. The van der Waals surface area contributed by atoms with Crippen LogP contribution in [0.4, 0.5) is 0 Å². The molecule has 1 atom stereocenters. The minimum absolute atomic E-state index is 0.106. The van der Waals surface area contributed by atoms with Gasteiger partial charge in [-0.3, -0.25) is 14.5 Å². The van der Waals surface area contributed by atoms with Crippen LogP contribution < -0.4 is 0 Å². The van der Waals surface area contributed by atoms with Crippen molar-refractivity contribution in [3.63, 3.8) is 0 Å². The molecule has 0 aromatic heterocycles. The summed E-state index contributed by atoms with van der Waals surface area (Å²) in [6, 6.07) is 0. The first-order valence-electron chi connectivity index (χ1n) is 5.25. The molecule has 92 valence electrons. The van der Waals surface area contributed by atoms with Gasteiger partial charge in [-0.05, 0) is 13.0 Å². The molecule has 0 spiro atoms. The van der Waals surface area contributed by atoms with Gasteiger partial charge in [-0.2, -0.15) is 0 Å². The van der Waals surface area contributed by atoms with Crippen LogP contribution in [0.3, 0.4) is 0 Å². The summed E-state index contributed by atoms with van der Waals surface area (Å²) in [4.78, 5) is 22.9. The first-order valence-corrected chi connectivity index (χ1v) is 5.25. The molecule has 0 saturated carbocycles. The Labute approximate surface area is 95.4 Å². The number of carbonyl (C=O) groups is 2. The van der Waals surface area contributed by atoms with Gasteiger partial charge in [0.25, 0.3) is 0 Å². The highest BCUT2D eigenvalue weighted by molar-refractivity contribution is 5.69. The molecule has 0 heterocycles. The summed E-state index contributed by atoms with van der Waals surface area (Å²) in [5.74, 6) is -2.12. The lowest BCUT2D eigenvalue weighted by Crippen LogP contribution is -2.33. The van der Waals surface area contributed by atoms with Gasteiger partial charge in [-0.1, -0.05) is 13.0 Å². The average molecular weight is 229 g/mol. The first kappa shape index (κ1) is 14.6. The van der Waals surface area contributed by atoms with Crippen molar-refractivity contribution in [2.75, 3.05) is 19.6 Å². The van der Waals surface area contributed by atoms with Gasteiger partial charge in [-0.15, -0.1) is 6.58 Å². The van der Waals surface area contributed by atoms with Gasteiger partial charge in [0.1, 0.15) is 0 Å². The third kappa shape index (κ3) is 7.00. The predicted molar refractivity (Wildman–Crippen MR) is 60.3 cm³/mol. The van der Waals surface area contributed by atoms with Gasteiger partial charge < -0.3 is 10.2 Å². The number of aliphatic carboxylic acids is 2. The van der Waals surface area contributed by atoms with Crippen molar-refractivity contribution in [2.24, 2.45) is 5.92 Å². The Bertz CT molecular complexity index is 252. The Kier molecular flexibility index (Phi) is 7.20. The highest BCUT2D eigenvalue weighted by Gasteiger charge is 2.15. The Hall–Kier alpha value is -1.36. The maximum absolute atomic E-state index is 10.7. The Balaban J connectivity index is 4.00. The molecule has 0 aromatic rings. The molecule has 0 aliphatic rings. The lowest BCUT2D eigenvalue weighted by Gasteiger charge is -2.22. The van der Waals surface area contributed by atoms with Gasteiger partial charge in [0.15, 0.2) is 0 Å².